The monoisotopic (exact) mass is 942 g/mol. The number of hydrogen-bond donors (Lipinski definition) is 2. The molecule has 0 saturated carbocycles. The minimum atomic E-state index is -0.548. The Morgan fingerprint density at radius 2 is 0.857 bits per heavy atom. The summed E-state index contributed by atoms with van der Waals surface area (Å²) in [5.74, 6) is 1.40. The highest BCUT2D eigenvalue weighted by Crippen LogP contribution is 2.41. The Bertz CT molecular complexity index is 2640. The molecule has 2 amide bonds. The van der Waals surface area contributed by atoms with E-state index in [4.69, 9.17) is 9.47 Å². The van der Waals surface area contributed by atoms with E-state index in [1.807, 2.05) is 126 Å². The molecule has 0 fully saturated rings. The molecule has 2 atom stereocenters. The number of rotatable bonds is 10. The first kappa shape index (κ1) is 50.7. The number of anilines is 2. The van der Waals surface area contributed by atoms with E-state index in [0.29, 0.717) is 35.7 Å². The molecule has 10 nitrogen and oxygen atoms in total. The number of aryl methyl sites for hydroxylation is 2. The van der Waals surface area contributed by atoms with Crippen molar-refractivity contribution in [1.82, 2.24) is 0 Å². The van der Waals surface area contributed by atoms with E-state index < -0.39 is 10.8 Å². The summed E-state index contributed by atoms with van der Waals surface area (Å²) < 4.78 is 11.2. The number of fused-ring (bicyclic) bond motifs is 2. The van der Waals surface area contributed by atoms with Crippen molar-refractivity contribution in [1.29, 1.82) is 0 Å². The van der Waals surface area contributed by atoms with Gasteiger partial charge in [-0.1, -0.05) is 48.5 Å². The molecule has 6 aromatic rings. The minimum absolute atomic E-state index is 0.0820. The van der Waals surface area contributed by atoms with Crippen LogP contribution in [0.5, 0.6) is 23.0 Å². The molecule has 2 aliphatic carbocycles. The predicted octanol–water partition coefficient (Wildman–Crippen LogP) is 12.6. The fraction of sp³-hybridized carbons (Fsp3) is 0.333. The first-order valence-corrected chi connectivity index (χ1v) is 24.4. The normalized spacial score (nSPS) is 15.3. The first-order valence-electron chi connectivity index (χ1n) is 24.4. The predicted molar refractivity (Wildman–Crippen MR) is 276 cm³/mol. The van der Waals surface area contributed by atoms with Gasteiger partial charge in [-0.15, -0.1) is 0 Å². The fourth-order valence-corrected chi connectivity index (χ4v) is 9.16. The lowest BCUT2D eigenvalue weighted by molar-refractivity contribution is -0.143. The van der Waals surface area contributed by atoms with Crippen molar-refractivity contribution in [2.24, 2.45) is 10.8 Å². The second-order valence-electron chi connectivity index (χ2n) is 20.3. The topological polar surface area (TPSA) is 134 Å². The SMILES string of the molecule is CCN(C(=O)c1ccc(O)cc1)c1ccccc1[C@@H]1CCc2cc(OC(=O)C(C)(C)C)ccc2C1.CCN(C(=O)c1ccc(O)cc1)c1ccccc1[C@H]1CCc2cc(OC(=O)C(C)(C)C)ccc2C1. The summed E-state index contributed by atoms with van der Waals surface area (Å²) in [6.07, 6.45) is 5.40. The summed E-state index contributed by atoms with van der Waals surface area (Å²) >= 11 is 0. The van der Waals surface area contributed by atoms with Crippen LogP contribution in [0.15, 0.2) is 133 Å². The zero-order valence-electron chi connectivity index (χ0n) is 41.8. The highest BCUT2D eigenvalue weighted by atomic mass is 16.5. The molecule has 0 saturated heterocycles. The number of para-hydroxylation sites is 2. The van der Waals surface area contributed by atoms with Crippen molar-refractivity contribution in [3.05, 3.63) is 178 Å². The van der Waals surface area contributed by atoms with Gasteiger partial charge in [0.15, 0.2) is 0 Å². The van der Waals surface area contributed by atoms with Gasteiger partial charge in [-0.25, -0.2) is 0 Å². The van der Waals surface area contributed by atoms with Gasteiger partial charge in [0.25, 0.3) is 11.8 Å². The highest BCUT2D eigenvalue weighted by Gasteiger charge is 2.30. The Hall–Kier alpha value is -7.20. The van der Waals surface area contributed by atoms with Gasteiger partial charge in [0, 0.05) is 35.6 Å². The summed E-state index contributed by atoms with van der Waals surface area (Å²) in [4.78, 5) is 54.8. The Morgan fingerprint density at radius 3 is 1.20 bits per heavy atom. The molecular formula is C60H66N2O8. The summed E-state index contributed by atoms with van der Waals surface area (Å²) in [7, 11) is 0. The number of benzene rings is 6. The summed E-state index contributed by atoms with van der Waals surface area (Å²) in [5, 5.41) is 19.2. The fourth-order valence-electron chi connectivity index (χ4n) is 9.16. The molecule has 0 spiro atoms. The number of nitrogens with zero attached hydrogens (tertiary/aromatic N) is 2. The van der Waals surface area contributed by atoms with E-state index >= 15 is 0 Å². The van der Waals surface area contributed by atoms with Gasteiger partial charge < -0.3 is 29.5 Å². The zero-order valence-corrected chi connectivity index (χ0v) is 41.8. The van der Waals surface area contributed by atoms with E-state index in [-0.39, 0.29) is 47.1 Å². The van der Waals surface area contributed by atoms with Crippen LogP contribution in [0.4, 0.5) is 11.4 Å². The summed E-state index contributed by atoms with van der Waals surface area (Å²) in [6.45, 7) is 16.1. The third kappa shape index (κ3) is 12.0. The van der Waals surface area contributed by atoms with Crippen molar-refractivity contribution in [3.63, 3.8) is 0 Å². The molecule has 0 aliphatic heterocycles. The maximum Gasteiger partial charge on any atom is 0.316 e. The van der Waals surface area contributed by atoms with Crippen LogP contribution in [0.3, 0.4) is 0 Å². The number of carbonyl (C=O) groups is 4. The molecular weight excluding hydrogens is 877 g/mol. The smallest absolute Gasteiger partial charge is 0.316 e. The number of phenolic OH excluding ortho intramolecular Hbond substituents is 2. The zero-order chi connectivity index (χ0) is 50.3. The molecule has 70 heavy (non-hydrogen) atoms. The third-order valence-electron chi connectivity index (χ3n) is 13.1. The van der Waals surface area contributed by atoms with E-state index in [2.05, 4.69) is 24.3 Å². The van der Waals surface area contributed by atoms with Crippen LogP contribution >= 0.6 is 0 Å². The van der Waals surface area contributed by atoms with Crippen molar-refractivity contribution in [2.45, 2.75) is 106 Å². The maximum atomic E-state index is 13.3. The van der Waals surface area contributed by atoms with Crippen LogP contribution < -0.4 is 19.3 Å². The van der Waals surface area contributed by atoms with Gasteiger partial charge in [0.05, 0.1) is 10.8 Å². The van der Waals surface area contributed by atoms with Crippen molar-refractivity contribution in [3.8, 4) is 23.0 Å². The van der Waals surface area contributed by atoms with E-state index in [0.717, 1.165) is 61.0 Å². The largest absolute Gasteiger partial charge is 0.508 e. The third-order valence-corrected chi connectivity index (χ3v) is 13.1. The number of amides is 2. The Balaban J connectivity index is 0.000000206. The molecule has 2 aliphatic rings. The number of phenols is 2. The van der Waals surface area contributed by atoms with Gasteiger partial charge in [0.2, 0.25) is 0 Å². The Kier molecular flexibility index (Phi) is 15.6. The number of esters is 2. The Morgan fingerprint density at radius 1 is 0.500 bits per heavy atom. The standard InChI is InChI=1S/2C30H33NO4/c2*1-5-31(28(33)20-12-15-24(32)16-13-20)27-9-7-6-8-26(27)23-11-10-22-19-25(17-14-21(22)18-23)35-29(34)30(2,3)4/h2*6-9,12-17,19,23,32H,5,10-11,18H2,1-4H3/t2*23-/m10/s1. The quantitative estimate of drug-likeness (QED) is 0.102. The van der Waals surface area contributed by atoms with Crippen molar-refractivity contribution < 1.29 is 38.9 Å². The van der Waals surface area contributed by atoms with Crippen LogP contribution in [0.2, 0.25) is 0 Å². The van der Waals surface area contributed by atoms with Crippen LogP contribution in [-0.4, -0.2) is 47.1 Å². The number of aromatic hydroxyl groups is 2. The van der Waals surface area contributed by atoms with Gasteiger partial charge in [0.1, 0.15) is 23.0 Å². The Labute approximate surface area is 412 Å². The maximum absolute atomic E-state index is 13.3. The van der Waals surface area contributed by atoms with E-state index in [1.165, 1.54) is 46.5 Å². The van der Waals surface area contributed by atoms with Gasteiger partial charge in [-0.3, -0.25) is 19.2 Å². The lowest BCUT2D eigenvalue weighted by Gasteiger charge is -2.30. The van der Waals surface area contributed by atoms with E-state index in [9.17, 15) is 29.4 Å². The molecule has 0 bridgehead atoms. The molecule has 8 rings (SSSR count). The van der Waals surface area contributed by atoms with Crippen LogP contribution in [0, 0.1) is 10.8 Å². The highest BCUT2D eigenvalue weighted by molar-refractivity contribution is 6.07. The lowest BCUT2D eigenvalue weighted by atomic mass is 9.79. The molecule has 10 heteroatoms. The van der Waals surface area contributed by atoms with Gasteiger partial charge in [-0.05, 0) is 224 Å². The number of hydrogen-bond acceptors (Lipinski definition) is 8. The first-order chi connectivity index (χ1) is 33.3. The minimum Gasteiger partial charge on any atom is -0.508 e. The average molecular weight is 943 g/mol. The van der Waals surface area contributed by atoms with Crippen LogP contribution in [-0.2, 0) is 35.3 Å². The summed E-state index contributed by atoms with van der Waals surface area (Å²) in [5.41, 5.74) is 9.10. The second kappa shape index (κ2) is 21.6. The number of ether oxygens (including phenoxy) is 2. The summed E-state index contributed by atoms with van der Waals surface area (Å²) in [6, 6.07) is 40.9. The lowest BCUT2D eigenvalue weighted by Crippen LogP contribution is -2.32. The molecule has 0 aromatic heterocycles. The van der Waals surface area contributed by atoms with Crippen LogP contribution in [0.25, 0.3) is 0 Å². The van der Waals surface area contributed by atoms with Gasteiger partial charge in [-0.2, -0.15) is 0 Å². The molecule has 0 heterocycles. The van der Waals surface area contributed by atoms with Crippen LogP contribution in [0.1, 0.15) is 134 Å². The second-order valence-corrected chi connectivity index (χ2v) is 20.3. The molecule has 0 radical (unpaired) electrons. The number of carbonyl (C=O) groups excluding carboxylic acids is 4. The van der Waals surface area contributed by atoms with Gasteiger partial charge >= 0.3 is 11.9 Å². The molecule has 2 N–H and O–H groups in total. The van der Waals surface area contributed by atoms with Crippen molar-refractivity contribution in [2.75, 3.05) is 22.9 Å². The molecule has 6 aromatic carbocycles. The van der Waals surface area contributed by atoms with E-state index in [1.54, 1.807) is 24.3 Å². The molecule has 364 valence electrons. The van der Waals surface area contributed by atoms with Crippen molar-refractivity contribution >= 4 is 35.1 Å². The molecule has 0 unspecified atom stereocenters. The average Bonchev–Trinajstić information content (AvgIpc) is 3.34.